The third-order valence-corrected chi connectivity index (χ3v) is 2.84. The predicted molar refractivity (Wildman–Crippen MR) is 62.7 cm³/mol. The maximum atomic E-state index is 11.4. The Morgan fingerprint density at radius 1 is 1.53 bits per heavy atom. The van der Waals surface area contributed by atoms with Gasteiger partial charge in [-0.15, -0.1) is 0 Å². The number of ether oxygens (including phenoxy) is 1. The summed E-state index contributed by atoms with van der Waals surface area (Å²) in [6, 6.07) is 1.58. The number of imidazole rings is 1. The number of H-pyrrole nitrogens is 1. The number of aromatic amines is 1. The van der Waals surface area contributed by atoms with Gasteiger partial charge in [-0.3, -0.25) is 0 Å². The zero-order chi connectivity index (χ0) is 12.3. The van der Waals surface area contributed by atoms with Crippen LogP contribution in [0.25, 0.3) is 0 Å². The Balaban J connectivity index is 2.28. The van der Waals surface area contributed by atoms with Crippen LogP contribution in [0.5, 0.6) is 0 Å². The van der Waals surface area contributed by atoms with Gasteiger partial charge in [0.05, 0.1) is 24.6 Å². The number of methoxy groups -OCH3 is 1. The number of nitrogens with one attached hydrogen (secondary N) is 1. The van der Waals surface area contributed by atoms with Gasteiger partial charge in [-0.25, -0.2) is 14.8 Å². The highest BCUT2D eigenvalue weighted by molar-refractivity contribution is 7.99. The molecule has 6 nitrogen and oxygen atoms in total. The van der Waals surface area contributed by atoms with Gasteiger partial charge in [-0.05, 0) is 17.8 Å². The molecule has 0 unspecified atom stereocenters. The molecule has 0 atom stereocenters. The lowest BCUT2D eigenvalue weighted by Crippen LogP contribution is -2.06. The van der Waals surface area contributed by atoms with Crippen molar-refractivity contribution >= 4 is 23.4 Å². The molecule has 0 saturated carbocycles. The number of carbonyl (C=O) groups is 1. The molecule has 0 aliphatic rings. The number of nitrogens with zero attached hydrogens (tertiary/aromatic N) is 2. The monoisotopic (exact) mass is 250 g/mol. The van der Waals surface area contributed by atoms with E-state index in [1.54, 1.807) is 18.5 Å². The molecule has 0 spiro atoms. The first kappa shape index (κ1) is 11.5. The first-order valence-corrected chi connectivity index (χ1v) is 5.53. The number of pyridine rings is 1. The van der Waals surface area contributed by atoms with Gasteiger partial charge < -0.3 is 15.5 Å². The fourth-order valence-corrected chi connectivity index (χ4v) is 1.92. The van der Waals surface area contributed by atoms with Crippen molar-refractivity contribution in [1.29, 1.82) is 0 Å². The zero-order valence-electron chi connectivity index (χ0n) is 9.01. The fraction of sp³-hybridized carbons (Fsp3) is 0.100. The van der Waals surface area contributed by atoms with Crippen molar-refractivity contribution in [2.75, 3.05) is 12.8 Å². The van der Waals surface area contributed by atoms with Crippen LogP contribution in [0, 0.1) is 0 Å². The van der Waals surface area contributed by atoms with Crippen molar-refractivity contribution < 1.29 is 9.53 Å². The first-order chi connectivity index (χ1) is 8.20. The molecule has 0 amide bonds. The summed E-state index contributed by atoms with van der Waals surface area (Å²) in [6.07, 6.45) is 4.78. The highest BCUT2D eigenvalue weighted by Gasteiger charge is 2.12. The number of esters is 1. The normalized spacial score (nSPS) is 10.2. The van der Waals surface area contributed by atoms with E-state index in [1.807, 2.05) is 0 Å². The Hall–Kier alpha value is -2.02. The van der Waals surface area contributed by atoms with Crippen molar-refractivity contribution in [3.63, 3.8) is 0 Å². The maximum absolute atomic E-state index is 11.4. The van der Waals surface area contributed by atoms with Crippen LogP contribution in [0.3, 0.4) is 0 Å². The van der Waals surface area contributed by atoms with Gasteiger partial charge in [0.1, 0.15) is 5.03 Å². The van der Waals surface area contributed by atoms with Gasteiger partial charge in [0.25, 0.3) is 0 Å². The molecule has 2 aromatic rings. The molecule has 0 saturated heterocycles. The fourth-order valence-electron chi connectivity index (χ4n) is 1.19. The second-order valence-corrected chi connectivity index (χ2v) is 4.11. The van der Waals surface area contributed by atoms with E-state index in [0.717, 1.165) is 0 Å². The Labute approximate surface area is 102 Å². The molecule has 2 heterocycles. The summed E-state index contributed by atoms with van der Waals surface area (Å²) in [4.78, 5) is 22.5. The lowest BCUT2D eigenvalue weighted by Gasteiger charge is -2.04. The van der Waals surface area contributed by atoms with E-state index in [9.17, 15) is 4.79 Å². The number of hydrogen-bond acceptors (Lipinski definition) is 6. The van der Waals surface area contributed by atoms with E-state index in [-0.39, 0.29) is 0 Å². The third kappa shape index (κ3) is 2.56. The van der Waals surface area contributed by atoms with Crippen molar-refractivity contribution in [2.45, 2.75) is 10.2 Å². The summed E-state index contributed by atoms with van der Waals surface area (Å²) in [5.41, 5.74) is 6.24. The lowest BCUT2D eigenvalue weighted by molar-refractivity contribution is 0.0601. The molecule has 0 aliphatic heterocycles. The van der Waals surface area contributed by atoms with Crippen LogP contribution in [-0.2, 0) is 4.74 Å². The predicted octanol–water partition coefficient (Wildman–Crippen LogP) is 1.32. The number of carbonyl (C=O) groups excluding carboxylic acids is 1. The van der Waals surface area contributed by atoms with Gasteiger partial charge in [-0.2, -0.15) is 0 Å². The standard InChI is InChI=1S/C10H10N4O2S/c1-16-9(15)6-4-8(14-5-7(6)11)17-10-12-2-3-13-10/h2-5H,11H2,1H3,(H,12,13). The molecule has 88 valence electrons. The number of rotatable bonds is 3. The van der Waals surface area contributed by atoms with Gasteiger partial charge in [-0.1, -0.05) is 0 Å². The molecule has 3 N–H and O–H groups in total. The Morgan fingerprint density at radius 2 is 2.35 bits per heavy atom. The number of nitrogen functional groups attached to an aromatic ring is 1. The van der Waals surface area contributed by atoms with E-state index in [0.29, 0.717) is 21.4 Å². The number of nitrogens with two attached hydrogens (primary N) is 1. The van der Waals surface area contributed by atoms with Crippen LogP contribution in [0.4, 0.5) is 5.69 Å². The molecule has 0 aromatic carbocycles. The van der Waals surface area contributed by atoms with Crippen LogP contribution >= 0.6 is 11.8 Å². The van der Waals surface area contributed by atoms with Crippen molar-refractivity contribution in [3.8, 4) is 0 Å². The summed E-state index contributed by atoms with van der Waals surface area (Å²) in [7, 11) is 1.31. The van der Waals surface area contributed by atoms with Gasteiger partial charge >= 0.3 is 5.97 Å². The van der Waals surface area contributed by atoms with Gasteiger partial charge in [0.15, 0.2) is 5.16 Å². The van der Waals surface area contributed by atoms with Gasteiger partial charge in [0, 0.05) is 12.4 Å². The number of anilines is 1. The minimum absolute atomic E-state index is 0.292. The van der Waals surface area contributed by atoms with Crippen molar-refractivity contribution in [1.82, 2.24) is 15.0 Å². The van der Waals surface area contributed by atoms with Crippen LogP contribution in [0.15, 0.2) is 34.8 Å². The molecular formula is C10H10N4O2S. The minimum Gasteiger partial charge on any atom is -0.465 e. The average molecular weight is 250 g/mol. The molecule has 0 fully saturated rings. The first-order valence-electron chi connectivity index (χ1n) is 4.72. The van der Waals surface area contributed by atoms with Crippen LogP contribution in [0.1, 0.15) is 10.4 Å². The summed E-state index contributed by atoms with van der Waals surface area (Å²) in [6.45, 7) is 0. The summed E-state index contributed by atoms with van der Waals surface area (Å²) >= 11 is 1.30. The Bertz CT molecular complexity index is 527. The number of aromatic nitrogens is 3. The van der Waals surface area contributed by atoms with Gasteiger partial charge in [0.2, 0.25) is 0 Å². The topological polar surface area (TPSA) is 93.9 Å². The van der Waals surface area contributed by atoms with E-state index in [1.165, 1.54) is 25.1 Å². The molecule has 0 bridgehead atoms. The van der Waals surface area contributed by atoms with E-state index in [4.69, 9.17) is 5.73 Å². The average Bonchev–Trinajstić information content (AvgIpc) is 2.83. The number of hydrogen-bond donors (Lipinski definition) is 2. The van der Waals surface area contributed by atoms with Crippen LogP contribution in [0.2, 0.25) is 0 Å². The second-order valence-electron chi connectivity index (χ2n) is 3.10. The van der Waals surface area contributed by atoms with E-state index >= 15 is 0 Å². The maximum Gasteiger partial charge on any atom is 0.340 e. The summed E-state index contributed by atoms with van der Waals surface area (Å²) in [5, 5.41) is 1.31. The smallest absolute Gasteiger partial charge is 0.340 e. The van der Waals surface area contributed by atoms with Crippen molar-refractivity contribution in [2.24, 2.45) is 0 Å². The SMILES string of the molecule is COC(=O)c1cc(Sc2ncc[nH]2)ncc1N. The molecule has 0 radical (unpaired) electrons. The lowest BCUT2D eigenvalue weighted by atomic mass is 10.2. The largest absolute Gasteiger partial charge is 0.465 e. The molecule has 2 rings (SSSR count). The highest BCUT2D eigenvalue weighted by atomic mass is 32.2. The molecule has 2 aromatic heterocycles. The summed E-state index contributed by atoms with van der Waals surface area (Å²) < 4.78 is 4.63. The highest BCUT2D eigenvalue weighted by Crippen LogP contribution is 2.25. The Morgan fingerprint density at radius 3 is 3.00 bits per heavy atom. The van der Waals surface area contributed by atoms with Crippen LogP contribution < -0.4 is 5.73 Å². The van der Waals surface area contributed by atoms with E-state index < -0.39 is 5.97 Å². The van der Waals surface area contributed by atoms with Crippen LogP contribution in [-0.4, -0.2) is 28.0 Å². The zero-order valence-corrected chi connectivity index (χ0v) is 9.82. The summed E-state index contributed by atoms with van der Waals surface area (Å²) in [5.74, 6) is -0.480. The molecule has 0 aliphatic carbocycles. The second kappa shape index (κ2) is 4.88. The van der Waals surface area contributed by atoms with E-state index in [2.05, 4.69) is 19.7 Å². The molecule has 17 heavy (non-hydrogen) atoms. The van der Waals surface area contributed by atoms with Crippen molar-refractivity contribution in [3.05, 3.63) is 30.2 Å². The quantitative estimate of drug-likeness (QED) is 0.798. The molecular weight excluding hydrogens is 240 g/mol. The molecule has 7 heteroatoms. The third-order valence-electron chi connectivity index (χ3n) is 1.99. The minimum atomic E-state index is -0.480. The Kier molecular flexibility index (Phi) is 3.29.